The van der Waals surface area contributed by atoms with E-state index < -0.39 is 0 Å². The summed E-state index contributed by atoms with van der Waals surface area (Å²) in [7, 11) is 0. The van der Waals surface area contributed by atoms with Gasteiger partial charge in [-0.25, -0.2) is 4.79 Å². The molecule has 2 amide bonds. The molecule has 0 radical (unpaired) electrons. The molecular formula is C15H22N2O3. The van der Waals surface area contributed by atoms with E-state index in [1.165, 1.54) is 0 Å². The summed E-state index contributed by atoms with van der Waals surface area (Å²) in [5.41, 5.74) is 0.902. The quantitative estimate of drug-likeness (QED) is 0.635. The number of benzene rings is 1. The third kappa shape index (κ3) is 5.75. The van der Waals surface area contributed by atoms with Crippen molar-refractivity contribution >= 4 is 6.03 Å². The van der Waals surface area contributed by atoms with E-state index in [0.717, 1.165) is 11.3 Å². The molecule has 0 saturated carbocycles. The molecule has 0 heterocycles. The molecule has 110 valence electrons. The van der Waals surface area contributed by atoms with E-state index in [0.29, 0.717) is 19.6 Å². The predicted molar refractivity (Wildman–Crippen MR) is 78.7 cm³/mol. The van der Waals surface area contributed by atoms with Gasteiger partial charge < -0.3 is 20.5 Å². The fourth-order valence-corrected chi connectivity index (χ4v) is 1.66. The minimum absolute atomic E-state index is 0.0552. The molecule has 1 rings (SSSR count). The van der Waals surface area contributed by atoms with E-state index in [4.69, 9.17) is 9.84 Å². The maximum Gasteiger partial charge on any atom is 0.315 e. The summed E-state index contributed by atoms with van der Waals surface area (Å²) in [6.45, 7) is 6.31. The highest BCUT2D eigenvalue weighted by atomic mass is 16.5. The third-order valence-corrected chi connectivity index (χ3v) is 2.71. The first-order valence-corrected chi connectivity index (χ1v) is 6.64. The lowest BCUT2D eigenvalue weighted by atomic mass is 10.2. The Balaban J connectivity index is 2.48. The van der Waals surface area contributed by atoms with Crippen LogP contribution in [-0.2, 0) is 6.54 Å². The van der Waals surface area contributed by atoms with Gasteiger partial charge in [0.2, 0.25) is 0 Å². The number of rotatable bonds is 8. The van der Waals surface area contributed by atoms with Gasteiger partial charge in [0, 0.05) is 24.8 Å². The SMILES string of the molecule is C=CCOc1ccccc1CNC(=O)N[C@H](C)CCO. The molecule has 0 saturated heterocycles. The molecule has 0 bridgehead atoms. The van der Waals surface area contributed by atoms with Crippen LogP contribution in [0.1, 0.15) is 18.9 Å². The molecule has 0 spiro atoms. The summed E-state index contributed by atoms with van der Waals surface area (Å²) in [4.78, 5) is 11.7. The Hall–Kier alpha value is -2.01. The van der Waals surface area contributed by atoms with Gasteiger partial charge in [-0.3, -0.25) is 0 Å². The van der Waals surface area contributed by atoms with Crippen molar-refractivity contribution in [3.8, 4) is 5.75 Å². The molecule has 20 heavy (non-hydrogen) atoms. The summed E-state index contributed by atoms with van der Waals surface area (Å²) in [5.74, 6) is 0.733. The Morgan fingerprint density at radius 2 is 2.25 bits per heavy atom. The zero-order valence-corrected chi connectivity index (χ0v) is 11.8. The number of hydrogen-bond donors (Lipinski definition) is 3. The number of hydrogen-bond acceptors (Lipinski definition) is 3. The molecule has 0 aliphatic heterocycles. The molecule has 1 aromatic rings. The van der Waals surface area contributed by atoms with Crippen molar-refractivity contribution in [2.45, 2.75) is 25.9 Å². The van der Waals surface area contributed by atoms with Crippen molar-refractivity contribution in [2.24, 2.45) is 0 Å². The summed E-state index contributed by atoms with van der Waals surface area (Å²) < 4.78 is 5.52. The number of para-hydroxylation sites is 1. The topological polar surface area (TPSA) is 70.6 Å². The van der Waals surface area contributed by atoms with Crippen molar-refractivity contribution in [3.05, 3.63) is 42.5 Å². The van der Waals surface area contributed by atoms with Crippen LogP contribution in [0.5, 0.6) is 5.75 Å². The Morgan fingerprint density at radius 1 is 1.50 bits per heavy atom. The zero-order chi connectivity index (χ0) is 14.8. The molecule has 3 N–H and O–H groups in total. The van der Waals surface area contributed by atoms with Crippen molar-refractivity contribution in [2.75, 3.05) is 13.2 Å². The second-order valence-corrected chi connectivity index (χ2v) is 4.45. The van der Waals surface area contributed by atoms with E-state index >= 15 is 0 Å². The Kier molecular flexibility index (Phi) is 7.21. The maximum atomic E-state index is 11.7. The Morgan fingerprint density at radius 3 is 2.95 bits per heavy atom. The molecule has 5 heteroatoms. The average Bonchev–Trinajstić information content (AvgIpc) is 2.44. The van der Waals surface area contributed by atoms with Gasteiger partial charge in [-0.15, -0.1) is 0 Å². The molecule has 5 nitrogen and oxygen atoms in total. The van der Waals surface area contributed by atoms with Gasteiger partial charge in [0.25, 0.3) is 0 Å². The average molecular weight is 278 g/mol. The normalized spacial score (nSPS) is 11.5. The van der Waals surface area contributed by atoms with Crippen molar-refractivity contribution in [3.63, 3.8) is 0 Å². The fraction of sp³-hybridized carbons (Fsp3) is 0.400. The standard InChI is InChI=1S/C15H22N2O3/c1-3-10-20-14-7-5-4-6-13(14)11-16-15(19)17-12(2)8-9-18/h3-7,12,18H,1,8-11H2,2H3,(H2,16,17,19)/t12-/m1/s1. The van der Waals surface area contributed by atoms with Crippen LogP contribution in [0, 0.1) is 0 Å². The zero-order valence-electron chi connectivity index (χ0n) is 11.8. The van der Waals surface area contributed by atoms with Crippen LogP contribution in [0.2, 0.25) is 0 Å². The minimum Gasteiger partial charge on any atom is -0.489 e. The molecule has 0 unspecified atom stereocenters. The number of ether oxygens (including phenoxy) is 1. The molecule has 0 aromatic heterocycles. The maximum absolute atomic E-state index is 11.7. The van der Waals surface area contributed by atoms with Crippen LogP contribution in [0.15, 0.2) is 36.9 Å². The van der Waals surface area contributed by atoms with Crippen LogP contribution in [0.3, 0.4) is 0 Å². The molecule has 0 aliphatic carbocycles. The highest BCUT2D eigenvalue weighted by molar-refractivity contribution is 5.74. The fourth-order valence-electron chi connectivity index (χ4n) is 1.66. The predicted octanol–water partition coefficient (Wildman–Crippen LogP) is 1.82. The van der Waals surface area contributed by atoms with E-state index in [-0.39, 0.29) is 18.7 Å². The van der Waals surface area contributed by atoms with Gasteiger partial charge >= 0.3 is 6.03 Å². The number of urea groups is 1. The summed E-state index contributed by atoms with van der Waals surface area (Å²) in [6, 6.07) is 7.20. The second-order valence-electron chi connectivity index (χ2n) is 4.45. The summed E-state index contributed by atoms with van der Waals surface area (Å²) >= 11 is 0. The summed E-state index contributed by atoms with van der Waals surface area (Å²) in [5, 5.41) is 14.3. The van der Waals surface area contributed by atoms with E-state index in [2.05, 4.69) is 17.2 Å². The van der Waals surface area contributed by atoms with Crippen LogP contribution in [0.25, 0.3) is 0 Å². The lowest BCUT2D eigenvalue weighted by Crippen LogP contribution is -2.40. The number of aliphatic hydroxyl groups excluding tert-OH is 1. The van der Waals surface area contributed by atoms with Gasteiger partial charge in [-0.1, -0.05) is 30.9 Å². The van der Waals surface area contributed by atoms with Crippen molar-refractivity contribution < 1.29 is 14.6 Å². The van der Waals surface area contributed by atoms with Crippen LogP contribution in [0.4, 0.5) is 4.79 Å². The van der Waals surface area contributed by atoms with Gasteiger partial charge in [0.1, 0.15) is 12.4 Å². The van der Waals surface area contributed by atoms with Crippen LogP contribution >= 0.6 is 0 Å². The van der Waals surface area contributed by atoms with Gasteiger partial charge in [0.05, 0.1) is 0 Å². The number of carbonyl (C=O) groups excluding carboxylic acids is 1. The van der Waals surface area contributed by atoms with Crippen LogP contribution in [-0.4, -0.2) is 30.4 Å². The van der Waals surface area contributed by atoms with E-state index in [1.807, 2.05) is 31.2 Å². The summed E-state index contributed by atoms with van der Waals surface area (Å²) in [6.07, 6.45) is 2.21. The largest absolute Gasteiger partial charge is 0.489 e. The first-order valence-electron chi connectivity index (χ1n) is 6.64. The first kappa shape index (κ1) is 16.0. The van der Waals surface area contributed by atoms with Crippen molar-refractivity contribution in [1.29, 1.82) is 0 Å². The number of nitrogens with one attached hydrogen (secondary N) is 2. The van der Waals surface area contributed by atoms with Gasteiger partial charge in [0.15, 0.2) is 0 Å². The van der Waals surface area contributed by atoms with Crippen LogP contribution < -0.4 is 15.4 Å². The first-order chi connectivity index (χ1) is 9.67. The number of carbonyl (C=O) groups is 1. The number of aliphatic hydroxyl groups is 1. The van der Waals surface area contributed by atoms with Gasteiger partial charge in [-0.05, 0) is 19.4 Å². The van der Waals surface area contributed by atoms with E-state index in [1.54, 1.807) is 6.08 Å². The Bertz CT molecular complexity index is 435. The van der Waals surface area contributed by atoms with E-state index in [9.17, 15) is 4.79 Å². The monoisotopic (exact) mass is 278 g/mol. The van der Waals surface area contributed by atoms with Gasteiger partial charge in [-0.2, -0.15) is 0 Å². The molecule has 0 fully saturated rings. The lowest BCUT2D eigenvalue weighted by molar-refractivity contribution is 0.230. The minimum atomic E-state index is -0.260. The highest BCUT2D eigenvalue weighted by Gasteiger charge is 2.08. The molecular weight excluding hydrogens is 256 g/mol. The molecule has 1 atom stereocenters. The highest BCUT2D eigenvalue weighted by Crippen LogP contribution is 2.17. The smallest absolute Gasteiger partial charge is 0.315 e. The second kappa shape index (κ2) is 8.98. The Labute approximate surface area is 119 Å². The van der Waals surface area contributed by atoms with Crippen molar-refractivity contribution in [1.82, 2.24) is 10.6 Å². The molecule has 1 aromatic carbocycles. The lowest BCUT2D eigenvalue weighted by Gasteiger charge is -2.14. The number of amides is 2. The third-order valence-electron chi connectivity index (χ3n) is 2.71. The molecule has 0 aliphatic rings.